The largest absolute Gasteiger partial charge is 0.381 e. The summed E-state index contributed by atoms with van der Waals surface area (Å²) in [5.74, 6) is 0.626. The van der Waals surface area contributed by atoms with Crippen LogP contribution in [0.15, 0.2) is 6.20 Å². The van der Waals surface area contributed by atoms with Crippen LogP contribution in [-0.4, -0.2) is 41.4 Å². The van der Waals surface area contributed by atoms with E-state index in [4.69, 9.17) is 14.2 Å². The molecule has 2 heterocycles. The van der Waals surface area contributed by atoms with Crippen molar-refractivity contribution in [1.29, 1.82) is 0 Å². The second kappa shape index (κ2) is 7.57. The minimum absolute atomic E-state index is 0.404. The fraction of sp³-hybridized carbons (Fsp3) is 0.846. The van der Waals surface area contributed by atoms with E-state index in [1.54, 1.807) is 0 Å². The van der Waals surface area contributed by atoms with Gasteiger partial charge in [0.15, 0.2) is 0 Å². The van der Waals surface area contributed by atoms with Crippen LogP contribution in [0.25, 0.3) is 0 Å². The Hall–Kier alpha value is -0.980. The van der Waals surface area contributed by atoms with Crippen LogP contribution in [0.1, 0.15) is 38.7 Å². The standard InChI is InChI=1S/C13H23N3O3/c1-3-18-13(19-4-2)12-10-16(15-14-12)9-11-5-7-17-8-6-11/h10-11,13H,3-9H2,1-2H3. The highest BCUT2D eigenvalue weighted by atomic mass is 16.7. The van der Waals surface area contributed by atoms with Crippen molar-refractivity contribution in [1.82, 2.24) is 15.0 Å². The van der Waals surface area contributed by atoms with Gasteiger partial charge in [0, 0.05) is 33.0 Å². The van der Waals surface area contributed by atoms with Gasteiger partial charge in [-0.3, -0.25) is 4.68 Å². The van der Waals surface area contributed by atoms with Crippen LogP contribution < -0.4 is 0 Å². The Morgan fingerprint density at radius 1 is 1.32 bits per heavy atom. The molecule has 1 aliphatic heterocycles. The van der Waals surface area contributed by atoms with E-state index in [9.17, 15) is 0 Å². The van der Waals surface area contributed by atoms with E-state index in [0.717, 1.165) is 38.3 Å². The Bertz CT molecular complexity index is 358. The lowest BCUT2D eigenvalue weighted by molar-refractivity contribution is -0.142. The van der Waals surface area contributed by atoms with Gasteiger partial charge in [0.25, 0.3) is 0 Å². The average Bonchev–Trinajstić information content (AvgIpc) is 2.88. The normalized spacial score (nSPS) is 17.2. The van der Waals surface area contributed by atoms with Crippen molar-refractivity contribution >= 4 is 0 Å². The third-order valence-corrected chi connectivity index (χ3v) is 3.22. The molecule has 0 unspecified atom stereocenters. The maximum absolute atomic E-state index is 5.51. The van der Waals surface area contributed by atoms with Gasteiger partial charge < -0.3 is 14.2 Å². The zero-order chi connectivity index (χ0) is 13.5. The minimum Gasteiger partial charge on any atom is -0.381 e. The smallest absolute Gasteiger partial charge is 0.204 e. The molecule has 1 saturated heterocycles. The molecule has 0 N–H and O–H groups in total. The molecule has 6 nitrogen and oxygen atoms in total. The summed E-state index contributed by atoms with van der Waals surface area (Å²) >= 11 is 0. The molecule has 108 valence electrons. The zero-order valence-corrected chi connectivity index (χ0v) is 11.7. The molecule has 2 rings (SSSR count). The lowest BCUT2D eigenvalue weighted by atomic mass is 10.0. The SMILES string of the molecule is CCOC(OCC)c1cn(CC2CCOCC2)nn1. The van der Waals surface area contributed by atoms with Crippen molar-refractivity contribution < 1.29 is 14.2 Å². The van der Waals surface area contributed by atoms with Crippen molar-refractivity contribution in [2.45, 2.75) is 39.5 Å². The summed E-state index contributed by atoms with van der Waals surface area (Å²) < 4.78 is 18.3. The molecule has 0 saturated carbocycles. The van der Waals surface area contributed by atoms with Gasteiger partial charge in [0.2, 0.25) is 6.29 Å². The molecule has 0 aromatic carbocycles. The van der Waals surface area contributed by atoms with Crippen molar-refractivity contribution in [2.75, 3.05) is 26.4 Å². The van der Waals surface area contributed by atoms with Gasteiger partial charge in [-0.05, 0) is 32.6 Å². The van der Waals surface area contributed by atoms with Crippen LogP contribution in [0.5, 0.6) is 0 Å². The van der Waals surface area contributed by atoms with E-state index in [-0.39, 0.29) is 0 Å². The summed E-state index contributed by atoms with van der Waals surface area (Å²) in [7, 11) is 0. The molecule has 0 bridgehead atoms. The maximum Gasteiger partial charge on any atom is 0.204 e. The summed E-state index contributed by atoms with van der Waals surface area (Å²) in [5, 5.41) is 8.31. The first-order valence-electron chi connectivity index (χ1n) is 7.04. The fourth-order valence-electron chi connectivity index (χ4n) is 2.23. The van der Waals surface area contributed by atoms with Gasteiger partial charge in [0.05, 0.1) is 6.20 Å². The molecular formula is C13H23N3O3. The number of hydrogen-bond acceptors (Lipinski definition) is 5. The van der Waals surface area contributed by atoms with Gasteiger partial charge in [0.1, 0.15) is 5.69 Å². The molecular weight excluding hydrogens is 246 g/mol. The molecule has 0 amide bonds. The highest BCUT2D eigenvalue weighted by Crippen LogP contribution is 2.19. The quantitative estimate of drug-likeness (QED) is 0.706. The number of ether oxygens (including phenoxy) is 3. The second-order valence-electron chi connectivity index (χ2n) is 4.66. The Morgan fingerprint density at radius 3 is 2.63 bits per heavy atom. The molecule has 1 aliphatic rings. The predicted octanol–water partition coefficient (Wildman–Crippen LogP) is 1.78. The molecule has 0 spiro atoms. The first-order valence-corrected chi connectivity index (χ1v) is 7.04. The molecule has 1 aromatic rings. The summed E-state index contributed by atoms with van der Waals surface area (Å²) in [4.78, 5) is 0. The Kier molecular flexibility index (Phi) is 5.75. The van der Waals surface area contributed by atoms with Crippen LogP contribution in [0.4, 0.5) is 0 Å². The number of nitrogens with zero attached hydrogens (tertiary/aromatic N) is 3. The summed E-state index contributed by atoms with van der Waals surface area (Å²) in [6.45, 7) is 7.67. The minimum atomic E-state index is -0.404. The second-order valence-corrected chi connectivity index (χ2v) is 4.66. The molecule has 0 radical (unpaired) electrons. The van der Waals surface area contributed by atoms with Crippen LogP contribution in [0.3, 0.4) is 0 Å². The molecule has 1 aromatic heterocycles. The first kappa shape index (κ1) is 14.4. The van der Waals surface area contributed by atoms with E-state index in [2.05, 4.69) is 10.3 Å². The fourth-order valence-corrected chi connectivity index (χ4v) is 2.23. The lowest BCUT2D eigenvalue weighted by Crippen LogP contribution is -2.20. The zero-order valence-electron chi connectivity index (χ0n) is 11.7. The highest BCUT2D eigenvalue weighted by Gasteiger charge is 2.18. The van der Waals surface area contributed by atoms with Crippen molar-refractivity contribution in [3.05, 3.63) is 11.9 Å². The number of hydrogen-bond donors (Lipinski definition) is 0. The molecule has 6 heteroatoms. The van der Waals surface area contributed by atoms with E-state index >= 15 is 0 Å². The number of aromatic nitrogens is 3. The summed E-state index contributed by atoms with van der Waals surface area (Å²) in [5.41, 5.74) is 0.746. The Labute approximate surface area is 114 Å². The van der Waals surface area contributed by atoms with Crippen LogP contribution in [-0.2, 0) is 20.8 Å². The van der Waals surface area contributed by atoms with Crippen molar-refractivity contribution in [3.63, 3.8) is 0 Å². The van der Waals surface area contributed by atoms with Gasteiger partial charge in [-0.15, -0.1) is 5.10 Å². The summed E-state index contributed by atoms with van der Waals surface area (Å²) in [6.07, 6.45) is 3.70. The monoisotopic (exact) mass is 269 g/mol. The highest BCUT2D eigenvalue weighted by molar-refractivity contribution is 4.94. The van der Waals surface area contributed by atoms with E-state index in [1.807, 2.05) is 24.7 Å². The Morgan fingerprint density at radius 2 is 2.00 bits per heavy atom. The number of rotatable bonds is 7. The maximum atomic E-state index is 5.51. The third kappa shape index (κ3) is 4.26. The molecule has 19 heavy (non-hydrogen) atoms. The third-order valence-electron chi connectivity index (χ3n) is 3.22. The summed E-state index contributed by atoms with van der Waals surface area (Å²) in [6, 6.07) is 0. The van der Waals surface area contributed by atoms with Crippen LogP contribution in [0, 0.1) is 5.92 Å². The van der Waals surface area contributed by atoms with Crippen LogP contribution >= 0.6 is 0 Å². The molecule has 1 fully saturated rings. The molecule has 0 atom stereocenters. The van der Waals surface area contributed by atoms with Gasteiger partial charge in [-0.1, -0.05) is 5.21 Å². The average molecular weight is 269 g/mol. The van der Waals surface area contributed by atoms with Crippen molar-refractivity contribution in [3.8, 4) is 0 Å². The topological polar surface area (TPSA) is 58.4 Å². The first-order chi connectivity index (χ1) is 9.33. The van der Waals surface area contributed by atoms with Crippen molar-refractivity contribution in [2.24, 2.45) is 5.92 Å². The van der Waals surface area contributed by atoms with Gasteiger partial charge >= 0.3 is 0 Å². The van der Waals surface area contributed by atoms with E-state index in [0.29, 0.717) is 19.1 Å². The van der Waals surface area contributed by atoms with E-state index in [1.165, 1.54) is 0 Å². The van der Waals surface area contributed by atoms with Gasteiger partial charge in [-0.2, -0.15) is 0 Å². The lowest BCUT2D eigenvalue weighted by Gasteiger charge is -2.21. The van der Waals surface area contributed by atoms with Crippen LogP contribution in [0.2, 0.25) is 0 Å². The Balaban J connectivity index is 1.92. The van der Waals surface area contributed by atoms with Gasteiger partial charge in [-0.25, -0.2) is 0 Å². The van der Waals surface area contributed by atoms with E-state index < -0.39 is 6.29 Å². The predicted molar refractivity (Wildman–Crippen MR) is 69.6 cm³/mol. The molecule has 0 aliphatic carbocycles.